The largest absolute Gasteiger partial charge is 0.351 e. The average Bonchev–Trinajstić information content (AvgIpc) is 2.93. The molecular weight excluding hydrogens is 530 g/mol. The Hall–Kier alpha value is -3.20. The van der Waals surface area contributed by atoms with Crippen molar-refractivity contribution in [3.8, 4) is 11.1 Å². The molecule has 0 saturated heterocycles. The molecule has 7 nitrogen and oxygen atoms in total. The Morgan fingerprint density at radius 1 is 0.974 bits per heavy atom. The van der Waals surface area contributed by atoms with Crippen molar-refractivity contribution in [2.24, 2.45) is 5.73 Å². The number of benzene rings is 3. The van der Waals surface area contributed by atoms with Crippen LogP contribution in [-0.4, -0.2) is 30.5 Å². The molecule has 5 rings (SSSR count). The number of fused-ring (bicyclic) bond motifs is 1. The molecule has 1 aliphatic rings. The second-order valence-corrected chi connectivity index (χ2v) is 12.2. The molecular formula is C30H34ClN5O2S. The van der Waals surface area contributed by atoms with Crippen LogP contribution in [0.25, 0.3) is 22.0 Å². The lowest BCUT2D eigenvalue weighted by molar-refractivity contribution is 0.410. The molecule has 204 valence electrons. The fourth-order valence-corrected chi connectivity index (χ4v) is 6.83. The first-order chi connectivity index (χ1) is 18.8. The van der Waals surface area contributed by atoms with Crippen LogP contribution in [0.2, 0.25) is 5.02 Å². The van der Waals surface area contributed by atoms with E-state index in [1.807, 2.05) is 18.3 Å². The summed E-state index contributed by atoms with van der Waals surface area (Å²) in [5.74, 6) is 0.662. The quantitative estimate of drug-likeness (QED) is 0.224. The molecule has 39 heavy (non-hydrogen) atoms. The third-order valence-corrected chi connectivity index (χ3v) is 9.30. The van der Waals surface area contributed by atoms with E-state index < -0.39 is 10.0 Å². The van der Waals surface area contributed by atoms with Crippen LogP contribution in [0.1, 0.15) is 50.7 Å². The maximum absolute atomic E-state index is 13.0. The van der Waals surface area contributed by atoms with Crippen LogP contribution in [-0.2, 0) is 22.9 Å². The fourth-order valence-electron chi connectivity index (χ4n) is 5.26. The predicted octanol–water partition coefficient (Wildman–Crippen LogP) is 6.56. The van der Waals surface area contributed by atoms with Gasteiger partial charge in [-0.2, -0.15) is 0 Å². The number of rotatable bonds is 8. The van der Waals surface area contributed by atoms with Crippen LogP contribution in [0.3, 0.4) is 0 Å². The van der Waals surface area contributed by atoms with Gasteiger partial charge in [0.25, 0.3) is 10.0 Å². The number of halogens is 1. The van der Waals surface area contributed by atoms with E-state index >= 15 is 0 Å². The molecule has 1 aromatic heterocycles. The predicted molar refractivity (Wildman–Crippen MR) is 160 cm³/mol. The second kappa shape index (κ2) is 11.5. The van der Waals surface area contributed by atoms with Crippen molar-refractivity contribution in [1.82, 2.24) is 9.97 Å². The zero-order chi connectivity index (χ0) is 27.6. The number of hydrogen-bond donors (Lipinski definition) is 3. The number of anilines is 2. The maximum atomic E-state index is 13.0. The summed E-state index contributed by atoms with van der Waals surface area (Å²) in [6.45, 7) is 4.19. The zero-order valence-electron chi connectivity index (χ0n) is 22.2. The number of sulfonamides is 1. The number of aryl methyl sites for hydroxylation is 2. The van der Waals surface area contributed by atoms with Crippen molar-refractivity contribution >= 4 is 44.2 Å². The lowest BCUT2D eigenvalue weighted by Gasteiger charge is -2.26. The molecule has 4 N–H and O–H groups in total. The van der Waals surface area contributed by atoms with E-state index in [9.17, 15) is 8.42 Å². The molecule has 1 fully saturated rings. The summed E-state index contributed by atoms with van der Waals surface area (Å²) < 4.78 is 28.6. The van der Waals surface area contributed by atoms with Crippen LogP contribution < -0.4 is 15.8 Å². The van der Waals surface area contributed by atoms with E-state index in [0.29, 0.717) is 23.7 Å². The van der Waals surface area contributed by atoms with E-state index in [2.05, 4.69) is 41.0 Å². The standard InChI is InChI=1S/C30H34ClN5O2S/c1-3-19-17-25(36-39(37,38)28-8-6-5-7-27(28)31)13-14-26(19)21-15-20(4-2)29-22(16-21)18-33-30(35-29)34-24-11-9-23(32)10-12-24/h5-8,13-18,23-24,36H,3-4,9-12,32H2,1-2H3,(H,33,34,35)/t23-,24-. The Labute approximate surface area is 235 Å². The molecule has 0 aliphatic heterocycles. The molecule has 0 bridgehead atoms. The highest BCUT2D eigenvalue weighted by Gasteiger charge is 2.20. The van der Waals surface area contributed by atoms with Crippen LogP contribution in [0.15, 0.2) is 65.7 Å². The van der Waals surface area contributed by atoms with Gasteiger partial charge in [-0.3, -0.25) is 4.72 Å². The van der Waals surface area contributed by atoms with Crippen LogP contribution in [0.4, 0.5) is 11.6 Å². The molecule has 0 atom stereocenters. The summed E-state index contributed by atoms with van der Waals surface area (Å²) in [6.07, 6.45) is 7.57. The van der Waals surface area contributed by atoms with Crippen molar-refractivity contribution in [3.63, 3.8) is 0 Å². The Kier molecular flexibility index (Phi) is 8.07. The van der Waals surface area contributed by atoms with E-state index in [0.717, 1.165) is 71.7 Å². The zero-order valence-corrected chi connectivity index (χ0v) is 23.8. The SMILES string of the molecule is CCc1cc(NS(=O)(=O)c2ccccc2Cl)ccc1-c1cc(CC)c2nc(N[C@H]3CC[C@H](N)CC3)ncc2c1. The van der Waals surface area contributed by atoms with E-state index in [1.165, 1.54) is 6.07 Å². The van der Waals surface area contributed by atoms with Gasteiger partial charge >= 0.3 is 0 Å². The first-order valence-electron chi connectivity index (χ1n) is 13.5. The number of nitrogens with zero attached hydrogens (tertiary/aromatic N) is 2. The topological polar surface area (TPSA) is 110 Å². The minimum atomic E-state index is -3.81. The Balaban J connectivity index is 1.44. The van der Waals surface area contributed by atoms with E-state index in [1.54, 1.807) is 24.3 Å². The van der Waals surface area contributed by atoms with Gasteiger partial charge in [-0.15, -0.1) is 0 Å². The molecule has 1 heterocycles. The van der Waals surface area contributed by atoms with Gasteiger partial charge in [0.2, 0.25) is 5.95 Å². The first-order valence-corrected chi connectivity index (χ1v) is 15.4. The molecule has 1 saturated carbocycles. The summed E-state index contributed by atoms with van der Waals surface area (Å²) in [7, 11) is -3.81. The van der Waals surface area contributed by atoms with Gasteiger partial charge in [-0.1, -0.05) is 43.6 Å². The van der Waals surface area contributed by atoms with Gasteiger partial charge < -0.3 is 11.1 Å². The van der Waals surface area contributed by atoms with Crippen molar-refractivity contribution in [1.29, 1.82) is 0 Å². The fraction of sp³-hybridized carbons (Fsp3) is 0.333. The molecule has 9 heteroatoms. The van der Waals surface area contributed by atoms with E-state index in [-0.39, 0.29) is 9.92 Å². The number of nitrogens with two attached hydrogens (primary N) is 1. The van der Waals surface area contributed by atoms with Crippen molar-refractivity contribution in [2.75, 3.05) is 10.0 Å². The average molecular weight is 564 g/mol. The normalized spacial score (nSPS) is 17.7. The lowest BCUT2D eigenvalue weighted by Crippen LogP contribution is -2.33. The van der Waals surface area contributed by atoms with Crippen molar-refractivity contribution < 1.29 is 8.42 Å². The highest BCUT2D eigenvalue weighted by molar-refractivity contribution is 7.92. The van der Waals surface area contributed by atoms with Crippen LogP contribution in [0, 0.1) is 0 Å². The van der Waals surface area contributed by atoms with Gasteiger partial charge in [-0.05, 0) is 97.2 Å². The van der Waals surface area contributed by atoms with Crippen LogP contribution in [0.5, 0.6) is 0 Å². The smallest absolute Gasteiger partial charge is 0.263 e. The monoisotopic (exact) mass is 563 g/mol. The highest BCUT2D eigenvalue weighted by Crippen LogP contribution is 2.33. The maximum Gasteiger partial charge on any atom is 0.263 e. The Morgan fingerprint density at radius 2 is 1.72 bits per heavy atom. The molecule has 0 spiro atoms. The third kappa shape index (κ3) is 6.03. The minimum absolute atomic E-state index is 0.0526. The summed E-state index contributed by atoms with van der Waals surface area (Å²) in [6, 6.07) is 17.0. The summed E-state index contributed by atoms with van der Waals surface area (Å²) >= 11 is 6.14. The number of aromatic nitrogens is 2. The van der Waals surface area contributed by atoms with E-state index in [4.69, 9.17) is 22.3 Å². The summed E-state index contributed by atoms with van der Waals surface area (Å²) in [4.78, 5) is 9.56. The van der Waals surface area contributed by atoms with Crippen LogP contribution >= 0.6 is 11.6 Å². The third-order valence-electron chi connectivity index (χ3n) is 7.42. The van der Waals surface area contributed by atoms with Crippen molar-refractivity contribution in [2.45, 2.75) is 69.4 Å². The molecule has 0 radical (unpaired) electrons. The van der Waals surface area contributed by atoms with Gasteiger partial charge in [0, 0.05) is 29.4 Å². The molecule has 3 aromatic carbocycles. The minimum Gasteiger partial charge on any atom is -0.351 e. The lowest BCUT2D eigenvalue weighted by atomic mass is 9.92. The molecule has 0 amide bonds. The van der Waals surface area contributed by atoms with Crippen molar-refractivity contribution in [3.05, 3.63) is 76.9 Å². The summed E-state index contributed by atoms with van der Waals surface area (Å²) in [5.41, 5.74) is 11.8. The number of hydrogen-bond acceptors (Lipinski definition) is 6. The molecule has 0 unspecified atom stereocenters. The highest BCUT2D eigenvalue weighted by atomic mass is 35.5. The molecule has 1 aliphatic carbocycles. The number of nitrogens with one attached hydrogen (secondary N) is 2. The molecule has 4 aromatic rings. The van der Waals surface area contributed by atoms with Gasteiger partial charge in [-0.25, -0.2) is 18.4 Å². The van der Waals surface area contributed by atoms with Gasteiger partial charge in [0.1, 0.15) is 4.90 Å². The summed E-state index contributed by atoms with van der Waals surface area (Å²) in [5, 5.41) is 4.67. The second-order valence-electron chi connectivity index (χ2n) is 10.1. The Bertz CT molecular complexity index is 1600. The first kappa shape index (κ1) is 27.4. The van der Waals surface area contributed by atoms with Gasteiger partial charge in [0.05, 0.1) is 10.5 Å². The van der Waals surface area contributed by atoms with Gasteiger partial charge in [0.15, 0.2) is 0 Å². The Morgan fingerprint density at radius 3 is 2.44 bits per heavy atom.